The second-order valence-corrected chi connectivity index (χ2v) is 8.53. The van der Waals surface area contributed by atoms with Crippen LogP contribution in [0.15, 0.2) is 82.8 Å². The standard InChI is InChI=1S/C28H25BrN2O6/c1-3-36-27(34)19-7-13-22(14-8-19)30-25(32)24(17-18-5-11-21(29)12-6-18)26(33)31-23-15-9-20(10-16-23)28(35)37-4-2/h5-17H,3-4H2,1-2H3,(H,30,32)(H,31,33). The first-order chi connectivity index (χ1) is 17.8. The van der Waals surface area contributed by atoms with Crippen molar-refractivity contribution in [2.24, 2.45) is 0 Å². The van der Waals surface area contributed by atoms with Gasteiger partial charge in [-0.05, 0) is 86.2 Å². The molecule has 0 aliphatic heterocycles. The molecule has 0 saturated heterocycles. The average Bonchev–Trinajstić information content (AvgIpc) is 2.89. The Morgan fingerprint density at radius 3 is 1.46 bits per heavy atom. The van der Waals surface area contributed by atoms with E-state index in [9.17, 15) is 19.2 Å². The zero-order valence-electron chi connectivity index (χ0n) is 20.2. The Labute approximate surface area is 222 Å². The van der Waals surface area contributed by atoms with Crippen LogP contribution in [0.5, 0.6) is 0 Å². The molecule has 3 aromatic carbocycles. The Hall–Kier alpha value is -4.24. The monoisotopic (exact) mass is 564 g/mol. The van der Waals surface area contributed by atoms with E-state index in [2.05, 4.69) is 26.6 Å². The molecule has 0 heterocycles. The topological polar surface area (TPSA) is 111 Å². The first-order valence-electron chi connectivity index (χ1n) is 11.4. The summed E-state index contributed by atoms with van der Waals surface area (Å²) in [4.78, 5) is 50.0. The summed E-state index contributed by atoms with van der Waals surface area (Å²) in [7, 11) is 0. The minimum absolute atomic E-state index is 0.147. The number of amides is 2. The third-order valence-electron chi connectivity index (χ3n) is 4.98. The lowest BCUT2D eigenvalue weighted by atomic mass is 10.1. The van der Waals surface area contributed by atoms with Crippen molar-refractivity contribution in [2.45, 2.75) is 13.8 Å². The van der Waals surface area contributed by atoms with E-state index in [1.807, 2.05) is 0 Å². The van der Waals surface area contributed by atoms with Crippen LogP contribution in [0.4, 0.5) is 11.4 Å². The number of anilines is 2. The number of esters is 2. The number of hydrogen-bond acceptors (Lipinski definition) is 6. The molecule has 0 spiro atoms. The highest BCUT2D eigenvalue weighted by Gasteiger charge is 2.20. The second-order valence-electron chi connectivity index (χ2n) is 7.61. The van der Waals surface area contributed by atoms with Crippen molar-refractivity contribution < 1.29 is 28.7 Å². The fourth-order valence-corrected chi connectivity index (χ4v) is 3.43. The van der Waals surface area contributed by atoms with Crippen molar-refractivity contribution in [1.82, 2.24) is 0 Å². The molecule has 0 aliphatic carbocycles. The molecular formula is C28H25BrN2O6. The molecule has 0 aromatic heterocycles. The molecule has 2 N–H and O–H groups in total. The van der Waals surface area contributed by atoms with Crippen molar-refractivity contribution in [3.05, 3.63) is 99.5 Å². The fraction of sp³-hybridized carbons (Fsp3) is 0.143. The Bertz CT molecular complexity index is 1220. The molecule has 3 rings (SSSR count). The molecule has 0 bridgehead atoms. The number of rotatable bonds is 9. The first-order valence-corrected chi connectivity index (χ1v) is 12.2. The molecule has 0 radical (unpaired) electrons. The minimum atomic E-state index is -0.646. The fourth-order valence-electron chi connectivity index (χ4n) is 3.16. The van der Waals surface area contributed by atoms with Crippen LogP contribution in [-0.2, 0) is 19.1 Å². The quantitative estimate of drug-likeness (QED) is 0.154. The van der Waals surface area contributed by atoms with E-state index in [1.165, 1.54) is 30.3 Å². The predicted octanol–water partition coefficient (Wildman–Crippen LogP) is 5.46. The van der Waals surface area contributed by atoms with Crippen LogP contribution in [0.2, 0.25) is 0 Å². The van der Waals surface area contributed by atoms with E-state index < -0.39 is 23.8 Å². The Balaban J connectivity index is 1.82. The van der Waals surface area contributed by atoms with Crippen molar-refractivity contribution in [1.29, 1.82) is 0 Å². The number of halogens is 1. The average molecular weight is 565 g/mol. The molecule has 3 aromatic rings. The van der Waals surface area contributed by atoms with Crippen molar-refractivity contribution >= 4 is 57.1 Å². The molecule has 0 atom stereocenters. The zero-order valence-corrected chi connectivity index (χ0v) is 21.8. The van der Waals surface area contributed by atoms with Gasteiger partial charge >= 0.3 is 11.9 Å². The summed E-state index contributed by atoms with van der Waals surface area (Å²) < 4.78 is 10.8. The van der Waals surface area contributed by atoms with E-state index in [-0.39, 0.29) is 18.8 Å². The molecule has 37 heavy (non-hydrogen) atoms. The molecule has 2 amide bonds. The van der Waals surface area contributed by atoms with Gasteiger partial charge < -0.3 is 20.1 Å². The summed E-state index contributed by atoms with van der Waals surface area (Å²) in [6, 6.07) is 19.4. The van der Waals surface area contributed by atoms with E-state index in [4.69, 9.17) is 9.47 Å². The lowest BCUT2D eigenvalue weighted by Gasteiger charge is -2.11. The van der Waals surface area contributed by atoms with Gasteiger partial charge in [0.1, 0.15) is 5.57 Å². The van der Waals surface area contributed by atoms with E-state index in [1.54, 1.807) is 62.4 Å². The van der Waals surface area contributed by atoms with Crippen LogP contribution in [0.3, 0.4) is 0 Å². The van der Waals surface area contributed by atoms with Gasteiger partial charge in [-0.15, -0.1) is 0 Å². The van der Waals surface area contributed by atoms with E-state index >= 15 is 0 Å². The third kappa shape index (κ3) is 7.88. The number of carbonyl (C=O) groups is 4. The summed E-state index contributed by atoms with van der Waals surface area (Å²) in [6.45, 7) is 3.93. The lowest BCUT2D eigenvalue weighted by Crippen LogP contribution is -2.25. The van der Waals surface area contributed by atoms with Gasteiger partial charge in [-0.2, -0.15) is 0 Å². The van der Waals surface area contributed by atoms with Gasteiger partial charge in [-0.1, -0.05) is 28.1 Å². The summed E-state index contributed by atoms with van der Waals surface area (Å²) >= 11 is 3.36. The summed E-state index contributed by atoms with van der Waals surface area (Å²) in [5.74, 6) is -2.23. The molecule has 0 unspecified atom stereocenters. The highest BCUT2D eigenvalue weighted by Crippen LogP contribution is 2.18. The van der Waals surface area contributed by atoms with Crippen molar-refractivity contribution in [3.63, 3.8) is 0 Å². The van der Waals surface area contributed by atoms with Gasteiger partial charge in [-0.25, -0.2) is 9.59 Å². The summed E-state index contributed by atoms with van der Waals surface area (Å²) in [5.41, 5.74) is 1.96. The van der Waals surface area contributed by atoms with Crippen LogP contribution in [0.25, 0.3) is 6.08 Å². The van der Waals surface area contributed by atoms with Crippen LogP contribution in [-0.4, -0.2) is 37.0 Å². The molecule has 0 fully saturated rings. The summed E-state index contributed by atoms with van der Waals surface area (Å²) in [5, 5.41) is 5.37. The van der Waals surface area contributed by atoms with Crippen LogP contribution >= 0.6 is 15.9 Å². The molecule has 9 heteroatoms. The lowest BCUT2D eigenvalue weighted by molar-refractivity contribution is -0.118. The van der Waals surface area contributed by atoms with Crippen LogP contribution in [0, 0.1) is 0 Å². The highest BCUT2D eigenvalue weighted by atomic mass is 79.9. The maximum atomic E-state index is 13.1. The SMILES string of the molecule is CCOC(=O)c1ccc(NC(=O)C(=Cc2ccc(Br)cc2)C(=O)Nc2ccc(C(=O)OCC)cc2)cc1. The van der Waals surface area contributed by atoms with E-state index in [0.717, 1.165) is 4.47 Å². The Morgan fingerprint density at radius 1 is 0.676 bits per heavy atom. The molecule has 0 aliphatic rings. The normalized spacial score (nSPS) is 10.1. The van der Waals surface area contributed by atoms with E-state index in [0.29, 0.717) is 28.1 Å². The number of ether oxygens (including phenoxy) is 2. The highest BCUT2D eigenvalue weighted by molar-refractivity contribution is 9.10. The van der Waals surface area contributed by atoms with Crippen molar-refractivity contribution in [3.8, 4) is 0 Å². The molecule has 0 saturated carbocycles. The maximum Gasteiger partial charge on any atom is 0.338 e. The van der Waals surface area contributed by atoms with Gasteiger partial charge in [0.05, 0.1) is 24.3 Å². The molecule has 190 valence electrons. The predicted molar refractivity (Wildman–Crippen MR) is 144 cm³/mol. The molecular weight excluding hydrogens is 540 g/mol. The van der Waals surface area contributed by atoms with Gasteiger partial charge in [0.2, 0.25) is 0 Å². The van der Waals surface area contributed by atoms with Crippen LogP contribution in [0.1, 0.15) is 40.1 Å². The van der Waals surface area contributed by atoms with Gasteiger partial charge in [0.15, 0.2) is 0 Å². The first kappa shape index (κ1) is 27.3. The smallest absolute Gasteiger partial charge is 0.338 e. The Morgan fingerprint density at radius 2 is 1.08 bits per heavy atom. The van der Waals surface area contributed by atoms with Gasteiger partial charge in [-0.3, -0.25) is 9.59 Å². The Kier molecular flexibility index (Phi) is 9.74. The minimum Gasteiger partial charge on any atom is -0.462 e. The second kappa shape index (κ2) is 13.2. The van der Waals surface area contributed by atoms with Crippen LogP contribution < -0.4 is 10.6 Å². The zero-order chi connectivity index (χ0) is 26.8. The van der Waals surface area contributed by atoms with Gasteiger partial charge in [0, 0.05) is 15.8 Å². The number of carbonyl (C=O) groups excluding carboxylic acids is 4. The number of hydrogen-bond donors (Lipinski definition) is 2. The third-order valence-corrected chi connectivity index (χ3v) is 5.51. The molecule has 8 nitrogen and oxygen atoms in total. The largest absolute Gasteiger partial charge is 0.462 e. The summed E-state index contributed by atoms with van der Waals surface area (Å²) in [6.07, 6.45) is 1.47. The number of nitrogens with one attached hydrogen (secondary N) is 2. The van der Waals surface area contributed by atoms with Crippen molar-refractivity contribution in [2.75, 3.05) is 23.8 Å². The number of benzene rings is 3. The van der Waals surface area contributed by atoms with Gasteiger partial charge in [0.25, 0.3) is 11.8 Å². The maximum absolute atomic E-state index is 13.1.